The van der Waals surface area contributed by atoms with Crippen molar-refractivity contribution < 1.29 is 4.84 Å². The van der Waals surface area contributed by atoms with Crippen molar-refractivity contribution in [1.82, 2.24) is 10.2 Å². The maximum atomic E-state index is 4.97. The van der Waals surface area contributed by atoms with E-state index in [9.17, 15) is 0 Å². The van der Waals surface area contributed by atoms with Crippen LogP contribution in [0.4, 0.5) is 0 Å². The third-order valence-corrected chi connectivity index (χ3v) is 2.88. The van der Waals surface area contributed by atoms with Crippen LogP contribution in [0, 0.1) is 0 Å². The van der Waals surface area contributed by atoms with Crippen LogP contribution < -0.4 is 5.32 Å². The quantitative estimate of drug-likeness (QED) is 0.475. The molecule has 0 unspecified atom stereocenters. The zero-order valence-corrected chi connectivity index (χ0v) is 10.4. The molecule has 1 aromatic carbocycles. The maximum Gasteiger partial charge on any atom is 0.175 e. The molecule has 4 nitrogen and oxygen atoms in total. The second kappa shape index (κ2) is 5.68. The van der Waals surface area contributed by atoms with Gasteiger partial charge in [-0.15, -0.1) is 0 Å². The lowest BCUT2D eigenvalue weighted by atomic mass is 10.1. The molecule has 0 aliphatic carbocycles. The number of oxime groups is 1. The monoisotopic (exact) mass is 233 g/mol. The Morgan fingerprint density at radius 2 is 2.18 bits per heavy atom. The van der Waals surface area contributed by atoms with Crippen molar-refractivity contribution in [2.45, 2.75) is 13.0 Å². The summed E-state index contributed by atoms with van der Waals surface area (Å²) in [5.41, 5.74) is 1.10. The van der Waals surface area contributed by atoms with Crippen LogP contribution in [0.25, 0.3) is 0 Å². The summed E-state index contributed by atoms with van der Waals surface area (Å²) in [7, 11) is 1.59. The zero-order valence-electron chi connectivity index (χ0n) is 10.4. The minimum absolute atomic E-state index is 0.481. The standard InChI is InChI=1S/C13H19N3O/c1-11-10-16(9-8-14-11)13(15-17-2)12-6-4-3-5-7-12/h3-7,11,14H,8-10H2,1-2H3/t11-/m1/s1. The molecule has 1 aromatic rings. The fourth-order valence-electron chi connectivity index (χ4n) is 2.09. The number of rotatable bonds is 2. The molecule has 1 saturated heterocycles. The van der Waals surface area contributed by atoms with E-state index in [2.05, 4.69) is 34.4 Å². The topological polar surface area (TPSA) is 36.9 Å². The van der Waals surface area contributed by atoms with Crippen LogP contribution >= 0.6 is 0 Å². The predicted molar refractivity (Wildman–Crippen MR) is 69.0 cm³/mol. The molecule has 1 heterocycles. The Morgan fingerprint density at radius 1 is 1.41 bits per heavy atom. The number of hydrogen-bond donors (Lipinski definition) is 1. The molecule has 0 spiro atoms. The smallest absolute Gasteiger partial charge is 0.175 e. The molecule has 1 N–H and O–H groups in total. The largest absolute Gasteiger partial charge is 0.397 e. The third-order valence-electron chi connectivity index (χ3n) is 2.88. The van der Waals surface area contributed by atoms with E-state index in [0.29, 0.717) is 6.04 Å². The maximum absolute atomic E-state index is 4.97. The van der Waals surface area contributed by atoms with E-state index < -0.39 is 0 Å². The molecule has 1 fully saturated rings. The van der Waals surface area contributed by atoms with E-state index in [1.165, 1.54) is 0 Å². The van der Waals surface area contributed by atoms with Crippen molar-refractivity contribution in [3.63, 3.8) is 0 Å². The van der Waals surface area contributed by atoms with Gasteiger partial charge >= 0.3 is 0 Å². The fraction of sp³-hybridized carbons (Fsp3) is 0.462. The first-order valence-corrected chi connectivity index (χ1v) is 5.96. The third kappa shape index (κ3) is 2.97. The van der Waals surface area contributed by atoms with Crippen LogP contribution in [0.15, 0.2) is 35.5 Å². The van der Waals surface area contributed by atoms with Crippen LogP contribution in [0.2, 0.25) is 0 Å². The SMILES string of the molecule is CON=C(c1ccccc1)N1CCN[C@H](C)C1. The highest BCUT2D eigenvalue weighted by atomic mass is 16.6. The molecule has 1 aliphatic heterocycles. The van der Waals surface area contributed by atoms with E-state index in [0.717, 1.165) is 31.0 Å². The van der Waals surface area contributed by atoms with Crippen LogP contribution in [0.5, 0.6) is 0 Å². The Kier molecular flexibility index (Phi) is 3.98. The van der Waals surface area contributed by atoms with Crippen LogP contribution in [0.1, 0.15) is 12.5 Å². The van der Waals surface area contributed by atoms with Gasteiger partial charge in [0, 0.05) is 31.2 Å². The van der Waals surface area contributed by atoms with Gasteiger partial charge in [-0.1, -0.05) is 35.5 Å². The first kappa shape index (κ1) is 11.9. The molecule has 0 saturated carbocycles. The Balaban J connectivity index is 2.21. The van der Waals surface area contributed by atoms with Gasteiger partial charge in [-0.25, -0.2) is 0 Å². The Bertz CT molecular complexity index is 378. The highest BCUT2D eigenvalue weighted by Gasteiger charge is 2.20. The van der Waals surface area contributed by atoms with E-state index in [1.54, 1.807) is 7.11 Å². The minimum Gasteiger partial charge on any atom is -0.397 e. The molecule has 0 amide bonds. The van der Waals surface area contributed by atoms with Gasteiger partial charge in [0.15, 0.2) is 5.84 Å². The zero-order chi connectivity index (χ0) is 12.1. The van der Waals surface area contributed by atoms with E-state index in [4.69, 9.17) is 4.84 Å². The van der Waals surface area contributed by atoms with Crippen molar-refractivity contribution in [1.29, 1.82) is 0 Å². The second-order valence-corrected chi connectivity index (χ2v) is 4.26. The Hall–Kier alpha value is -1.55. The summed E-state index contributed by atoms with van der Waals surface area (Å²) < 4.78 is 0. The second-order valence-electron chi connectivity index (χ2n) is 4.26. The van der Waals surface area contributed by atoms with Gasteiger partial charge in [-0.05, 0) is 6.92 Å². The molecule has 92 valence electrons. The van der Waals surface area contributed by atoms with Crippen molar-refractivity contribution in [3.05, 3.63) is 35.9 Å². The molecule has 1 aliphatic rings. The number of amidine groups is 1. The molecule has 17 heavy (non-hydrogen) atoms. The normalized spacial score (nSPS) is 21.4. The van der Waals surface area contributed by atoms with Gasteiger partial charge < -0.3 is 15.1 Å². The summed E-state index contributed by atoms with van der Waals surface area (Å²) in [4.78, 5) is 7.24. The van der Waals surface area contributed by atoms with Crippen molar-refractivity contribution in [2.24, 2.45) is 5.16 Å². The summed E-state index contributed by atoms with van der Waals surface area (Å²) in [5.74, 6) is 0.918. The number of hydrogen-bond acceptors (Lipinski definition) is 3. The number of nitrogens with zero attached hydrogens (tertiary/aromatic N) is 2. The lowest BCUT2D eigenvalue weighted by Crippen LogP contribution is -2.51. The molecule has 1 atom stereocenters. The highest BCUT2D eigenvalue weighted by molar-refractivity contribution is 5.98. The van der Waals surface area contributed by atoms with E-state index in [-0.39, 0.29) is 0 Å². The summed E-state index contributed by atoms with van der Waals surface area (Å²) in [5, 5.41) is 7.59. The number of nitrogens with one attached hydrogen (secondary N) is 1. The van der Waals surface area contributed by atoms with Gasteiger partial charge in [0.05, 0.1) is 0 Å². The van der Waals surface area contributed by atoms with Crippen molar-refractivity contribution >= 4 is 5.84 Å². The minimum atomic E-state index is 0.481. The molecule has 2 rings (SSSR count). The van der Waals surface area contributed by atoms with Crippen LogP contribution in [0.3, 0.4) is 0 Å². The summed E-state index contributed by atoms with van der Waals surface area (Å²) >= 11 is 0. The van der Waals surface area contributed by atoms with Crippen LogP contribution in [-0.4, -0.2) is 43.5 Å². The van der Waals surface area contributed by atoms with Gasteiger partial charge in [0.1, 0.15) is 7.11 Å². The fourth-order valence-corrected chi connectivity index (χ4v) is 2.09. The van der Waals surface area contributed by atoms with Gasteiger partial charge in [-0.2, -0.15) is 0 Å². The lowest BCUT2D eigenvalue weighted by molar-refractivity contribution is 0.201. The van der Waals surface area contributed by atoms with Crippen LogP contribution in [-0.2, 0) is 4.84 Å². The molecule has 4 heteroatoms. The van der Waals surface area contributed by atoms with Gasteiger partial charge in [0.2, 0.25) is 0 Å². The average molecular weight is 233 g/mol. The lowest BCUT2D eigenvalue weighted by Gasteiger charge is -2.33. The molecule has 0 aromatic heterocycles. The summed E-state index contributed by atoms with van der Waals surface area (Å²) in [6.45, 7) is 5.08. The van der Waals surface area contributed by atoms with Gasteiger partial charge in [0.25, 0.3) is 0 Å². The Morgan fingerprint density at radius 3 is 2.82 bits per heavy atom. The van der Waals surface area contributed by atoms with Crippen molar-refractivity contribution in [2.75, 3.05) is 26.7 Å². The highest BCUT2D eigenvalue weighted by Crippen LogP contribution is 2.09. The van der Waals surface area contributed by atoms with Gasteiger partial charge in [-0.3, -0.25) is 0 Å². The van der Waals surface area contributed by atoms with E-state index in [1.807, 2.05) is 18.2 Å². The number of benzene rings is 1. The summed E-state index contributed by atoms with van der Waals surface area (Å²) in [6, 6.07) is 10.6. The Labute approximate surface area is 102 Å². The molecule has 0 radical (unpaired) electrons. The van der Waals surface area contributed by atoms with E-state index >= 15 is 0 Å². The summed E-state index contributed by atoms with van der Waals surface area (Å²) in [6.07, 6.45) is 0. The first-order valence-electron chi connectivity index (χ1n) is 5.96. The van der Waals surface area contributed by atoms with Crippen molar-refractivity contribution in [3.8, 4) is 0 Å². The average Bonchev–Trinajstić information content (AvgIpc) is 2.37. The molecular formula is C13H19N3O. The predicted octanol–water partition coefficient (Wildman–Crippen LogP) is 1.29. The molecular weight excluding hydrogens is 214 g/mol. The first-order chi connectivity index (χ1) is 8.31. The number of piperazine rings is 1. The molecule has 0 bridgehead atoms.